The topological polar surface area (TPSA) is 43.4 Å². The van der Waals surface area contributed by atoms with E-state index in [1.165, 1.54) is 5.56 Å². The number of halogens is 1. The molecule has 2 fully saturated rings. The van der Waals surface area contributed by atoms with Crippen LogP contribution in [0.25, 0.3) is 0 Å². The molecule has 5 heteroatoms. The maximum absolute atomic E-state index is 5.58. The van der Waals surface area contributed by atoms with Crippen LogP contribution in [-0.4, -0.2) is 38.0 Å². The molecular weight excluding hydrogens is 308 g/mol. The Labute approximate surface area is 122 Å². The van der Waals surface area contributed by atoms with Crippen LogP contribution < -0.4 is 5.32 Å². The van der Waals surface area contributed by atoms with Crippen LogP contribution in [0.5, 0.6) is 0 Å². The van der Waals surface area contributed by atoms with E-state index < -0.39 is 0 Å². The van der Waals surface area contributed by atoms with E-state index in [4.69, 9.17) is 14.5 Å². The van der Waals surface area contributed by atoms with Crippen LogP contribution in [-0.2, 0) is 9.47 Å². The third-order valence-electron chi connectivity index (χ3n) is 3.84. The molecule has 3 heterocycles. The second kappa shape index (κ2) is 6.31. The van der Waals surface area contributed by atoms with Crippen LogP contribution in [0.4, 0.5) is 0 Å². The van der Waals surface area contributed by atoms with Gasteiger partial charge in [-0.2, -0.15) is 0 Å². The zero-order chi connectivity index (χ0) is 13.1. The minimum absolute atomic E-state index is 0.212. The summed E-state index contributed by atoms with van der Waals surface area (Å²) in [5.74, 6) is 0.563. The highest BCUT2D eigenvalue weighted by molar-refractivity contribution is 9.10. The van der Waals surface area contributed by atoms with Crippen LogP contribution in [0.3, 0.4) is 0 Å². The van der Waals surface area contributed by atoms with Gasteiger partial charge in [-0.25, -0.2) is 4.98 Å². The van der Waals surface area contributed by atoms with E-state index in [0.717, 1.165) is 49.5 Å². The van der Waals surface area contributed by atoms with E-state index in [0.29, 0.717) is 12.5 Å². The lowest BCUT2D eigenvalue weighted by molar-refractivity contribution is 0.0726. The first-order valence-electron chi connectivity index (χ1n) is 6.90. The van der Waals surface area contributed by atoms with Gasteiger partial charge in [0.1, 0.15) is 4.60 Å². The fraction of sp³-hybridized carbons (Fsp3) is 0.643. The molecule has 0 aromatic carbocycles. The van der Waals surface area contributed by atoms with E-state index in [1.807, 2.05) is 6.07 Å². The summed E-state index contributed by atoms with van der Waals surface area (Å²) in [6, 6.07) is 4.46. The Morgan fingerprint density at radius 2 is 2.00 bits per heavy atom. The molecule has 0 saturated carbocycles. The molecule has 2 aliphatic heterocycles. The van der Waals surface area contributed by atoms with Gasteiger partial charge in [-0.05, 0) is 46.3 Å². The number of nitrogens with zero attached hydrogens (tertiary/aromatic N) is 1. The minimum Gasteiger partial charge on any atom is -0.381 e. The molecule has 104 valence electrons. The molecule has 1 aromatic heterocycles. The van der Waals surface area contributed by atoms with Gasteiger partial charge in [-0.3, -0.25) is 0 Å². The SMILES string of the molecule is Brc1ccc(C2CCOCC2)c(C2COCCN2)n1. The molecule has 3 rings (SSSR count). The van der Waals surface area contributed by atoms with Gasteiger partial charge in [-0.15, -0.1) is 0 Å². The summed E-state index contributed by atoms with van der Waals surface area (Å²) in [4.78, 5) is 4.71. The van der Waals surface area contributed by atoms with Crippen molar-refractivity contribution < 1.29 is 9.47 Å². The largest absolute Gasteiger partial charge is 0.381 e. The van der Waals surface area contributed by atoms with Crippen molar-refractivity contribution in [2.24, 2.45) is 0 Å². The van der Waals surface area contributed by atoms with E-state index >= 15 is 0 Å². The fourth-order valence-corrected chi connectivity index (χ4v) is 3.16. The molecule has 2 saturated heterocycles. The Balaban J connectivity index is 1.88. The quantitative estimate of drug-likeness (QED) is 0.847. The normalized spacial score (nSPS) is 25.4. The molecule has 4 nitrogen and oxygen atoms in total. The first kappa shape index (κ1) is 13.5. The average molecular weight is 327 g/mol. The molecule has 0 spiro atoms. The van der Waals surface area contributed by atoms with Gasteiger partial charge < -0.3 is 14.8 Å². The summed E-state index contributed by atoms with van der Waals surface area (Å²) < 4.78 is 11.9. The van der Waals surface area contributed by atoms with Crippen LogP contribution >= 0.6 is 15.9 Å². The third-order valence-corrected chi connectivity index (χ3v) is 4.28. The molecule has 0 bridgehead atoms. The van der Waals surface area contributed by atoms with Gasteiger partial charge in [0.15, 0.2) is 0 Å². The highest BCUT2D eigenvalue weighted by atomic mass is 79.9. The minimum atomic E-state index is 0.212. The maximum atomic E-state index is 5.58. The Morgan fingerprint density at radius 3 is 2.74 bits per heavy atom. The number of rotatable bonds is 2. The van der Waals surface area contributed by atoms with Crippen LogP contribution in [0.1, 0.15) is 36.1 Å². The molecule has 0 amide bonds. The fourth-order valence-electron chi connectivity index (χ4n) is 2.83. The number of aromatic nitrogens is 1. The molecule has 19 heavy (non-hydrogen) atoms. The predicted octanol–water partition coefficient (Wildman–Crippen LogP) is 2.40. The lowest BCUT2D eigenvalue weighted by atomic mass is 9.88. The van der Waals surface area contributed by atoms with Crippen molar-refractivity contribution in [3.8, 4) is 0 Å². The van der Waals surface area contributed by atoms with Crippen LogP contribution in [0.15, 0.2) is 16.7 Å². The summed E-state index contributed by atoms with van der Waals surface area (Å²) in [7, 11) is 0. The summed E-state index contributed by atoms with van der Waals surface area (Å²) in [5.41, 5.74) is 2.50. The smallest absolute Gasteiger partial charge is 0.106 e. The molecule has 2 aliphatic rings. The van der Waals surface area contributed by atoms with Crippen molar-refractivity contribution >= 4 is 15.9 Å². The van der Waals surface area contributed by atoms with Crippen molar-refractivity contribution in [2.75, 3.05) is 33.0 Å². The van der Waals surface area contributed by atoms with Gasteiger partial charge >= 0.3 is 0 Å². The monoisotopic (exact) mass is 326 g/mol. The van der Waals surface area contributed by atoms with Crippen molar-refractivity contribution in [3.63, 3.8) is 0 Å². The molecule has 0 radical (unpaired) electrons. The van der Waals surface area contributed by atoms with Crippen LogP contribution in [0.2, 0.25) is 0 Å². The standard InChI is InChI=1S/C14H19BrN2O2/c15-13-2-1-11(10-3-6-18-7-4-10)14(17-13)12-9-19-8-5-16-12/h1-2,10,12,16H,3-9H2. The van der Waals surface area contributed by atoms with Crippen molar-refractivity contribution in [2.45, 2.75) is 24.8 Å². The second-order valence-electron chi connectivity index (χ2n) is 5.08. The zero-order valence-corrected chi connectivity index (χ0v) is 12.5. The number of morpholine rings is 1. The summed E-state index contributed by atoms with van der Waals surface area (Å²) in [5, 5.41) is 3.50. The van der Waals surface area contributed by atoms with Crippen molar-refractivity contribution in [1.82, 2.24) is 10.3 Å². The average Bonchev–Trinajstić information content (AvgIpc) is 2.49. The maximum Gasteiger partial charge on any atom is 0.106 e. The van der Waals surface area contributed by atoms with Gasteiger partial charge in [0.25, 0.3) is 0 Å². The number of hydrogen-bond donors (Lipinski definition) is 1. The number of nitrogens with one attached hydrogen (secondary N) is 1. The Kier molecular flexibility index (Phi) is 4.48. The molecule has 1 N–H and O–H groups in total. The molecule has 1 unspecified atom stereocenters. The van der Waals surface area contributed by atoms with E-state index in [9.17, 15) is 0 Å². The van der Waals surface area contributed by atoms with Crippen molar-refractivity contribution in [3.05, 3.63) is 28.0 Å². The number of hydrogen-bond acceptors (Lipinski definition) is 4. The molecule has 1 atom stereocenters. The first-order valence-corrected chi connectivity index (χ1v) is 7.69. The Hall–Kier alpha value is -0.490. The number of ether oxygens (including phenoxy) is 2. The first-order chi connectivity index (χ1) is 9.34. The van der Waals surface area contributed by atoms with E-state index in [2.05, 4.69) is 27.3 Å². The van der Waals surface area contributed by atoms with Crippen molar-refractivity contribution in [1.29, 1.82) is 0 Å². The lowest BCUT2D eigenvalue weighted by Crippen LogP contribution is -2.36. The second-order valence-corrected chi connectivity index (χ2v) is 5.89. The number of pyridine rings is 1. The van der Waals surface area contributed by atoms with Gasteiger partial charge in [-0.1, -0.05) is 6.07 Å². The third kappa shape index (κ3) is 3.16. The Bertz CT molecular complexity index is 429. The van der Waals surface area contributed by atoms with Gasteiger partial charge in [0.05, 0.1) is 24.9 Å². The van der Waals surface area contributed by atoms with E-state index in [-0.39, 0.29) is 6.04 Å². The molecular formula is C14H19BrN2O2. The van der Waals surface area contributed by atoms with E-state index in [1.54, 1.807) is 0 Å². The summed E-state index contributed by atoms with van der Waals surface area (Å²) in [6.45, 7) is 4.10. The van der Waals surface area contributed by atoms with Gasteiger partial charge in [0, 0.05) is 19.8 Å². The molecule has 0 aliphatic carbocycles. The highest BCUT2D eigenvalue weighted by Gasteiger charge is 2.25. The Morgan fingerprint density at radius 1 is 1.16 bits per heavy atom. The van der Waals surface area contributed by atoms with Crippen LogP contribution in [0, 0.1) is 0 Å². The summed E-state index contributed by atoms with van der Waals surface area (Å²) in [6.07, 6.45) is 2.17. The van der Waals surface area contributed by atoms with Gasteiger partial charge in [0.2, 0.25) is 0 Å². The zero-order valence-electron chi connectivity index (χ0n) is 10.9. The summed E-state index contributed by atoms with van der Waals surface area (Å²) >= 11 is 3.48. The molecule has 1 aromatic rings. The predicted molar refractivity (Wildman–Crippen MR) is 76.3 cm³/mol. The highest BCUT2D eigenvalue weighted by Crippen LogP contribution is 2.32. The lowest BCUT2D eigenvalue weighted by Gasteiger charge is -2.29.